The molecule has 0 aliphatic heterocycles. The molecule has 0 aliphatic rings. The van der Waals surface area contributed by atoms with Crippen LogP contribution in [0.3, 0.4) is 0 Å². The first-order chi connectivity index (χ1) is 8.19. The highest BCUT2D eigenvalue weighted by molar-refractivity contribution is 5.66. The van der Waals surface area contributed by atoms with E-state index in [4.69, 9.17) is 4.74 Å². The Morgan fingerprint density at radius 3 is 2.41 bits per heavy atom. The van der Waals surface area contributed by atoms with Crippen molar-refractivity contribution in [1.82, 2.24) is 4.98 Å². The van der Waals surface area contributed by atoms with E-state index >= 15 is 0 Å². The normalized spacial score (nSPS) is 10.0. The first-order valence-corrected chi connectivity index (χ1v) is 5.35. The van der Waals surface area contributed by atoms with Gasteiger partial charge in [-0.05, 0) is 49.2 Å². The lowest BCUT2D eigenvalue weighted by atomic mass is 10.0. The molecule has 0 spiro atoms. The van der Waals surface area contributed by atoms with Gasteiger partial charge in [0.2, 0.25) is 0 Å². The van der Waals surface area contributed by atoms with Gasteiger partial charge in [0, 0.05) is 11.4 Å². The SMILES string of the molecule is Cc1cc(-c2cccc(OC=O)c2)cc(C)n1. The summed E-state index contributed by atoms with van der Waals surface area (Å²) in [5.41, 5.74) is 4.03. The molecule has 0 unspecified atom stereocenters. The standard InChI is InChI=1S/C14H13NO2/c1-10-6-13(7-11(2)15-10)12-4-3-5-14(8-12)17-9-16/h3-9H,1-2H3. The molecule has 0 aliphatic carbocycles. The Morgan fingerprint density at radius 1 is 1.06 bits per heavy atom. The Kier molecular flexibility index (Phi) is 3.19. The third kappa shape index (κ3) is 2.69. The second-order valence-corrected chi connectivity index (χ2v) is 3.88. The van der Waals surface area contributed by atoms with Crippen LogP contribution in [0.15, 0.2) is 36.4 Å². The maximum absolute atomic E-state index is 10.3. The highest BCUT2D eigenvalue weighted by atomic mass is 16.5. The topological polar surface area (TPSA) is 39.2 Å². The summed E-state index contributed by atoms with van der Waals surface area (Å²) in [5.74, 6) is 0.546. The molecule has 0 bridgehead atoms. The number of carbonyl (C=O) groups excluding carboxylic acids is 1. The molecule has 2 aromatic rings. The van der Waals surface area contributed by atoms with Crippen molar-refractivity contribution in [1.29, 1.82) is 0 Å². The van der Waals surface area contributed by atoms with Gasteiger partial charge in [0.05, 0.1) is 0 Å². The molecule has 0 N–H and O–H groups in total. The van der Waals surface area contributed by atoms with Crippen LogP contribution in [-0.2, 0) is 4.79 Å². The van der Waals surface area contributed by atoms with Crippen LogP contribution in [0.4, 0.5) is 0 Å². The number of hydrogen-bond donors (Lipinski definition) is 0. The molecule has 0 fully saturated rings. The van der Waals surface area contributed by atoms with Crippen molar-refractivity contribution in [3.63, 3.8) is 0 Å². The van der Waals surface area contributed by atoms with Crippen LogP contribution in [0.2, 0.25) is 0 Å². The van der Waals surface area contributed by atoms with Gasteiger partial charge in [-0.2, -0.15) is 0 Å². The van der Waals surface area contributed by atoms with E-state index < -0.39 is 0 Å². The summed E-state index contributed by atoms with van der Waals surface area (Å²) in [6.45, 7) is 4.35. The summed E-state index contributed by atoms with van der Waals surface area (Å²) in [6, 6.07) is 11.4. The minimum atomic E-state index is 0.433. The lowest BCUT2D eigenvalue weighted by Crippen LogP contribution is -1.90. The van der Waals surface area contributed by atoms with E-state index in [0.29, 0.717) is 12.2 Å². The van der Waals surface area contributed by atoms with Gasteiger partial charge in [0.1, 0.15) is 5.75 Å². The molecule has 1 aromatic carbocycles. The van der Waals surface area contributed by atoms with E-state index in [1.807, 2.05) is 44.2 Å². The number of benzene rings is 1. The van der Waals surface area contributed by atoms with Gasteiger partial charge in [-0.3, -0.25) is 9.78 Å². The first-order valence-electron chi connectivity index (χ1n) is 5.35. The Balaban J connectivity index is 2.44. The molecule has 0 atom stereocenters. The van der Waals surface area contributed by atoms with Gasteiger partial charge in [-0.1, -0.05) is 12.1 Å². The average Bonchev–Trinajstić information content (AvgIpc) is 2.28. The molecule has 0 amide bonds. The second-order valence-electron chi connectivity index (χ2n) is 3.88. The van der Waals surface area contributed by atoms with Gasteiger partial charge < -0.3 is 4.74 Å². The fourth-order valence-corrected chi connectivity index (χ4v) is 1.81. The molecule has 0 saturated carbocycles. The van der Waals surface area contributed by atoms with Crippen molar-refractivity contribution in [3.8, 4) is 16.9 Å². The zero-order valence-corrected chi connectivity index (χ0v) is 9.81. The highest BCUT2D eigenvalue weighted by Gasteiger charge is 2.02. The van der Waals surface area contributed by atoms with Crippen molar-refractivity contribution < 1.29 is 9.53 Å². The van der Waals surface area contributed by atoms with Crippen molar-refractivity contribution in [2.45, 2.75) is 13.8 Å². The van der Waals surface area contributed by atoms with Crippen LogP contribution < -0.4 is 4.74 Å². The number of nitrogens with zero attached hydrogens (tertiary/aromatic N) is 1. The molecule has 3 heteroatoms. The third-order valence-electron chi connectivity index (χ3n) is 2.43. The molecule has 0 radical (unpaired) electrons. The first kappa shape index (κ1) is 11.3. The summed E-state index contributed by atoms with van der Waals surface area (Å²) in [6.07, 6.45) is 0. The predicted molar refractivity (Wildman–Crippen MR) is 65.8 cm³/mol. The summed E-state index contributed by atoms with van der Waals surface area (Å²) >= 11 is 0. The van der Waals surface area contributed by atoms with Gasteiger partial charge in [-0.25, -0.2) is 0 Å². The molecule has 1 heterocycles. The van der Waals surface area contributed by atoms with E-state index in [0.717, 1.165) is 22.5 Å². The Morgan fingerprint density at radius 2 is 1.76 bits per heavy atom. The van der Waals surface area contributed by atoms with Gasteiger partial charge in [0.25, 0.3) is 6.47 Å². The minimum Gasteiger partial charge on any atom is -0.429 e. The maximum atomic E-state index is 10.3. The van der Waals surface area contributed by atoms with Crippen LogP contribution in [0, 0.1) is 13.8 Å². The molecular formula is C14H13NO2. The van der Waals surface area contributed by atoms with E-state index in [1.54, 1.807) is 6.07 Å². The zero-order valence-electron chi connectivity index (χ0n) is 9.81. The summed E-state index contributed by atoms with van der Waals surface area (Å²) in [5, 5.41) is 0. The number of aryl methyl sites for hydroxylation is 2. The fourth-order valence-electron chi connectivity index (χ4n) is 1.81. The maximum Gasteiger partial charge on any atom is 0.298 e. The van der Waals surface area contributed by atoms with Gasteiger partial charge in [-0.15, -0.1) is 0 Å². The Hall–Kier alpha value is -2.16. The minimum absolute atomic E-state index is 0.433. The van der Waals surface area contributed by atoms with E-state index in [9.17, 15) is 4.79 Å². The summed E-state index contributed by atoms with van der Waals surface area (Å²) in [4.78, 5) is 14.6. The molecule has 1 aromatic heterocycles. The van der Waals surface area contributed by atoms with Crippen LogP contribution in [-0.4, -0.2) is 11.5 Å². The van der Waals surface area contributed by atoms with E-state index in [2.05, 4.69) is 4.98 Å². The number of aromatic nitrogens is 1. The summed E-state index contributed by atoms with van der Waals surface area (Å²) in [7, 11) is 0. The van der Waals surface area contributed by atoms with E-state index in [-0.39, 0.29) is 0 Å². The lowest BCUT2D eigenvalue weighted by Gasteiger charge is -2.06. The van der Waals surface area contributed by atoms with Crippen LogP contribution >= 0.6 is 0 Å². The van der Waals surface area contributed by atoms with Crippen molar-refractivity contribution in [2.75, 3.05) is 0 Å². The molecule has 0 saturated heterocycles. The molecule has 86 valence electrons. The largest absolute Gasteiger partial charge is 0.429 e. The quantitative estimate of drug-likeness (QED) is 0.757. The molecule has 17 heavy (non-hydrogen) atoms. The van der Waals surface area contributed by atoms with Crippen LogP contribution in [0.25, 0.3) is 11.1 Å². The predicted octanol–water partition coefficient (Wildman–Crippen LogP) is 2.90. The second kappa shape index (κ2) is 4.78. The number of hydrogen-bond acceptors (Lipinski definition) is 3. The lowest BCUT2D eigenvalue weighted by molar-refractivity contribution is -0.120. The monoisotopic (exact) mass is 227 g/mol. The van der Waals surface area contributed by atoms with Crippen molar-refractivity contribution in [2.24, 2.45) is 0 Å². The zero-order chi connectivity index (χ0) is 12.3. The van der Waals surface area contributed by atoms with Crippen molar-refractivity contribution >= 4 is 6.47 Å². The Labute approximate surface area is 100 Å². The smallest absolute Gasteiger partial charge is 0.298 e. The number of ether oxygens (including phenoxy) is 1. The fraction of sp³-hybridized carbons (Fsp3) is 0.143. The van der Waals surface area contributed by atoms with Crippen LogP contribution in [0.5, 0.6) is 5.75 Å². The van der Waals surface area contributed by atoms with Gasteiger partial charge >= 0.3 is 0 Å². The molecular weight excluding hydrogens is 214 g/mol. The Bertz CT molecular complexity index is 529. The number of rotatable bonds is 3. The summed E-state index contributed by atoms with van der Waals surface area (Å²) < 4.78 is 4.83. The van der Waals surface area contributed by atoms with Gasteiger partial charge in [0.15, 0.2) is 0 Å². The third-order valence-corrected chi connectivity index (χ3v) is 2.43. The highest BCUT2D eigenvalue weighted by Crippen LogP contribution is 2.24. The van der Waals surface area contributed by atoms with E-state index in [1.165, 1.54) is 0 Å². The number of carbonyl (C=O) groups is 1. The van der Waals surface area contributed by atoms with Crippen molar-refractivity contribution in [3.05, 3.63) is 47.8 Å². The van der Waals surface area contributed by atoms with Crippen LogP contribution in [0.1, 0.15) is 11.4 Å². The number of pyridine rings is 1. The average molecular weight is 227 g/mol. The molecule has 2 rings (SSSR count). The molecule has 3 nitrogen and oxygen atoms in total.